The standard InChI is InChI=1S/C20H15FN4O/c21-14-5-6-17-16(11-14)19(23-12-13-7-9-22-10-8-13)25-20(24-17)15-3-1-2-4-18(15)26/h1-11,26H,12H2,(H,23,24,25). The first-order chi connectivity index (χ1) is 12.7. The summed E-state index contributed by atoms with van der Waals surface area (Å²) < 4.78 is 13.7. The molecule has 26 heavy (non-hydrogen) atoms. The number of nitrogens with zero attached hydrogens (tertiary/aromatic N) is 3. The first-order valence-corrected chi connectivity index (χ1v) is 8.09. The largest absolute Gasteiger partial charge is 0.507 e. The van der Waals surface area contributed by atoms with Crippen molar-refractivity contribution in [1.29, 1.82) is 0 Å². The third-order valence-corrected chi connectivity index (χ3v) is 4.01. The van der Waals surface area contributed by atoms with Crippen LogP contribution in [0.4, 0.5) is 10.2 Å². The number of pyridine rings is 1. The second kappa shape index (κ2) is 6.76. The normalized spacial score (nSPS) is 10.8. The molecular formula is C20H15FN4O. The molecule has 0 amide bonds. The molecule has 0 spiro atoms. The highest BCUT2D eigenvalue weighted by Crippen LogP contribution is 2.30. The van der Waals surface area contributed by atoms with Crippen molar-refractivity contribution >= 4 is 16.7 Å². The average Bonchev–Trinajstić information content (AvgIpc) is 2.67. The summed E-state index contributed by atoms with van der Waals surface area (Å²) in [5.74, 6) is 0.612. The molecule has 0 unspecified atom stereocenters. The van der Waals surface area contributed by atoms with Crippen molar-refractivity contribution in [1.82, 2.24) is 15.0 Å². The van der Waals surface area contributed by atoms with E-state index in [0.29, 0.717) is 34.7 Å². The number of anilines is 1. The summed E-state index contributed by atoms with van der Waals surface area (Å²) in [7, 11) is 0. The summed E-state index contributed by atoms with van der Waals surface area (Å²) in [5, 5.41) is 13.9. The topological polar surface area (TPSA) is 70.9 Å². The molecule has 5 nitrogen and oxygen atoms in total. The highest BCUT2D eigenvalue weighted by molar-refractivity contribution is 5.91. The molecule has 4 aromatic rings. The zero-order valence-electron chi connectivity index (χ0n) is 13.7. The van der Waals surface area contributed by atoms with Gasteiger partial charge in [0.25, 0.3) is 0 Å². The number of para-hydroxylation sites is 1. The molecule has 0 bridgehead atoms. The van der Waals surface area contributed by atoms with Gasteiger partial charge in [0.15, 0.2) is 5.82 Å². The van der Waals surface area contributed by atoms with Crippen molar-refractivity contribution in [2.45, 2.75) is 6.54 Å². The number of benzene rings is 2. The lowest BCUT2D eigenvalue weighted by molar-refractivity contribution is 0.477. The van der Waals surface area contributed by atoms with Crippen LogP contribution in [0.2, 0.25) is 0 Å². The summed E-state index contributed by atoms with van der Waals surface area (Å²) >= 11 is 0. The van der Waals surface area contributed by atoms with E-state index >= 15 is 0 Å². The van der Waals surface area contributed by atoms with E-state index in [1.165, 1.54) is 12.1 Å². The molecule has 0 aliphatic rings. The number of hydrogen-bond acceptors (Lipinski definition) is 5. The van der Waals surface area contributed by atoms with E-state index in [0.717, 1.165) is 5.56 Å². The van der Waals surface area contributed by atoms with Gasteiger partial charge < -0.3 is 10.4 Å². The van der Waals surface area contributed by atoms with Crippen molar-refractivity contribution in [3.05, 3.63) is 78.4 Å². The number of phenols is 1. The first kappa shape index (κ1) is 16.0. The van der Waals surface area contributed by atoms with Crippen LogP contribution in [0.25, 0.3) is 22.3 Å². The summed E-state index contributed by atoms with van der Waals surface area (Å²) in [6.45, 7) is 0.505. The molecule has 0 saturated heterocycles. The monoisotopic (exact) mass is 346 g/mol. The van der Waals surface area contributed by atoms with Gasteiger partial charge in [-0.25, -0.2) is 14.4 Å². The third kappa shape index (κ3) is 3.17. The number of aromatic nitrogens is 3. The molecule has 6 heteroatoms. The number of halogens is 1. The highest BCUT2D eigenvalue weighted by Gasteiger charge is 2.13. The van der Waals surface area contributed by atoms with Crippen LogP contribution in [0.3, 0.4) is 0 Å². The van der Waals surface area contributed by atoms with Gasteiger partial charge >= 0.3 is 0 Å². The lowest BCUT2D eigenvalue weighted by Gasteiger charge is -2.12. The van der Waals surface area contributed by atoms with Gasteiger partial charge in [0.2, 0.25) is 0 Å². The Morgan fingerprint density at radius 3 is 2.58 bits per heavy atom. The van der Waals surface area contributed by atoms with Crippen molar-refractivity contribution in [3.8, 4) is 17.1 Å². The van der Waals surface area contributed by atoms with Crippen molar-refractivity contribution in [2.24, 2.45) is 0 Å². The molecule has 4 rings (SSSR count). The molecule has 0 aliphatic carbocycles. The van der Waals surface area contributed by atoms with Crippen molar-refractivity contribution in [3.63, 3.8) is 0 Å². The Kier molecular flexibility index (Phi) is 4.15. The second-order valence-electron chi connectivity index (χ2n) is 5.78. The van der Waals surface area contributed by atoms with Crippen LogP contribution in [-0.2, 0) is 6.54 Å². The minimum absolute atomic E-state index is 0.0917. The van der Waals surface area contributed by atoms with Crippen LogP contribution in [-0.4, -0.2) is 20.1 Å². The minimum Gasteiger partial charge on any atom is -0.507 e. The smallest absolute Gasteiger partial charge is 0.165 e. The average molecular weight is 346 g/mol. The number of phenolic OH excluding ortho intramolecular Hbond substituents is 1. The predicted molar refractivity (Wildman–Crippen MR) is 98.2 cm³/mol. The lowest BCUT2D eigenvalue weighted by Crippen LogP contribution is -2.04. The van der Waals surface area contributed by atoms with Gasteiger partial charge in [0.05, 0.1) is 11.1 Å². The fourth-order valence-corrected chi connectivity index (χ4v) is 2.71. The summed E-state index contributed by atoms with van der Waals surface area (Å²) in [6.07, 6.45) is 3.42. The second-order valence-corrected chi connectivity index (χ2v) is 5.78. The summed E-state index contributed by atoms with van der Waals surface area (Å²) in [6, 6.07) is 15.0. The minimum atomic E-state index is -0.358. The molecule has 2 heterocycles. The Hall–Kier alpha value is -3.54. The van der Waals surface area contributed by atoms with Gasteiger partial charge in [-0.3, -0.25) is 4.98 Å². The number of rotatable bonds is 4. The molecule has 2 aromatic heterocycles. The van der Waals surface area contributed by atoms with Crippen LogP contribution < -0.4 is 5.32 Å². The van der Waals surface area contributed by atoms with E-state index in [2.05, 4.69) is 20.3 Å². The number of nitrogens with one attached hydrogen (secondary N) is 1. The molecule has 0 saturated carbocycles. The van der Waals surface area contributed by atoms with E-state index in [1.807, 2.05) is 12.1 Å². The maximum Gasteiger partial charge on any atom is 0.165 e. The Balaban J connectivity index is 1.81. The Labute approximate surface area is 149 Å². The fraction of sp³-hybridized carbons (Fsp3) is 0.0500. The van der Waals surface area contributed by atoms with Crippen molar-refractivity contribution in [2.75, 3.05) is 5.32 Å². The van der Waals surface area contributed by atoms with Gasteiger partial charge in [-0.05, 0) is 48.0 Å². The zero-order valence-corrected chi connectivity index (χ0v) is 13.7. The van der Waals surface area contributed by atoms with Crippen LogP contribution in [0, 0.1) is 5.82 Å². The SMILES string of the molecule is Oc1ccccc1-c1nc(NCc2ccncc2)c2cc(F)ccc2n1. The molecule has 0 radical (unpaired) electrons. The predicted octanol–water partition coefficient (Wildman–Crippen LogP) is 4.15. The van der Waals surface area contributed by atoms with E-state index in [9.17, 15) is 9.50 Å². The Morgan fingerprint density at radius 1 is 0.962 bits per heavy atom. The zero-order chi connectivity index (χ0) is 17.9. The van der Waals surface area contributed by atoms with Crippen LogP contribution >= 0.6 is 0 Å². The van der Waals surface area contributed by atoms with E-state index < -0.39 is 0 Å². The van der Waals surface area contributed by atoms with E-state index in [1.54, 1.807) is 42.7 Å². The molecule has 0 atom stereocenters. The lowest BCUT2D eigenvalue weighted by atomic mass is 10.1. The summed E-state index contributed by atoms with van der Waals surface area (Å²) in [4.78, 5) is 13.0. The van der Waals surface area contributed by atoms with Crippen LogP contribution in [0.1, 0.15) is 5.56 Å². The van der Waals surface area contributed by atoms with Gasteiger partial charge in [0.1, 0.15) is 17.4 Å². The quantitative estimate of drug-likeness (QED) is 0.581. The van der Waals surface area contributed by atoms with Crippen molar-refractivity contribution < 1.29 is 9.50 Å². The first-order valence-electron chi connectivity index (χ1n) is 8.09. The molecule has 2 aromatic carbocycles. The highest BCUT2D eigenvalue weighted by atomic mass is 19.1. The number of hydrogen-bond donors (Lipinski definition) is 2. The molecule has 2 N–H and O–H groups in total. The number of aromatic hydroxyl groups is 1. The van der Waals surface area contributed by atoms with Crippen LogP contribution in [0.15, 0.2) is 67.0 Å². The molecule has 0 aliphatic heterocycles. The summed E-state index contributed by atoms with van der Waals surface area (Å²) in [5.41, 5.74) is 2.13. The van der Waals surface area contributed by atoms with Gasteiger partial charge in [-0.15, -0.1) is 0 Å². The number of fused-ring (bicyclic) bond motifs is 1. The molecule has 0 fully saturated rings. The fourth-order valence-electron chi connectivity index (χ4n) is 2.71. The van der Waals surface area contributed by atoms with Gasteiger partial charge in [-0.1, -0.05) is 12.1 Å². The van der Waals surface area contributed by atoms with Gasteiger partial charge in [-0.2, -0.15) is 0 Å². The van der Waals surface area contributed by atoms with Crippen LogP contribution in [0.5, 0.6) is 5.75 Å². The van der Waals surface area contributed by atoms with E-state index in [-0.39, 0.29) is 11.6 Å². The Bertz CT molecular complexity index is 1070. The maximum atomic E-state index is 13.7. The third-order valence-electron chi connectivity index (χ3n) is 4.01. The maximum absolute atomic E-state index is 13.7. The molecular weight excluding hydrogens is 331 g/mol. The van der Waals surface area contributed by atoms with Gasteiger partial charge in [0, 0.05) is 24.3 Å². The molecule has 128 valence electrons. The Morgan fingerprint density at radius 2 is 1.77 bits per heavy atom. The van der Waals surface area contributed by atoms with E-state index in [4.69, 9.17) is 0 Å².